The van der Waals surface area contributed by atoms with Gasteiger partial charge in [0, 0.05) is 113 Å². The molecule has 5 amide bonds. The van der Waals surface area contributed by atoms with Crippen LogP contribution in [0.2, 0.25) is 0 Å². The number of anilines is 4. The van der Waals surface area contributed by atoms with E-state index >= 15 is 0 Å². The van der Waals surface area contributed by atoms with Gasteiger partial charge in [-0.15, -0.1) is 0 Å². The first-order chi connectivity index (χ1) is 31.5. The maximum absolute atomic E-state index is 13.7. The molecule has 5 aliphatic heterocycles. The number of carbonyl (C=O) groups excluding carboxylic acids is 5. The molecule has 6 aliphatic rings. The zero-order valence-corrected chi connectivity index (χ0v) is 37.1. The van der Waals surface area contributed by atoms with E-state index in [-0.39, 0.29) is 47.2 Å². The van der Waals surface area contributed by atoms with E-state index in [2.05, 4.69) is 41.4 Å². The van der Waals surface area contributed by atoms with E-state index in [9.17, 15) is 28.8 Å². The molecule has 0 bridgehead atoms. The van der Waals surface area contributed by atoms with E-state index in [4.69, 9.17) is 4.98 Å². The van der Waals surface area contributed by atoms with Crippen LogP contribution in [0.25, 0.3) is 11.0 Å². The first kappa shape index (κ1) is 42.5. The lowest BCUT2D eigenvalue weighted by Gasteiger charge is -2.44. The maximum Gasteiger partial charge on any atom is 0.320 e. The van der Waals surface area contributed by atoms with Gasteiger partial charge in [0.25, 0.3) is 11.5 Å². The molecule has 18 nitrogen and oxygen atoms in total. The summed E-state index contributed by atoms with van der Waals surface area (Å²) >= 11 is 0. The lowest BCUT2D eigenvalue weighted by molar-refractivity contribution is -0.136. The number of fused-ring (bicyclic) bond motifs is 2. The molecule has 0 spiro atoms. The number of carbonyl (C=O) groups is 5. The fraction of sp³-hybridized carbons (Fsp3) is 0.511. The van der Waals surface area contributed by atoms with Gasteiger partial charge in [0.2, 0.25) is 17.8 Å². The van der Waals surface area contributed by atoms with Gasteiger partial charge in [-0.3, -0.25) is 38.8 Å². The second-order valence-corrected chi connectivity index (χ2v) is 18.4. The summed E-state index contributed by atoms with van der Waals surface area (Å²) in [5.74, 6) is -0.194. The first-order valence-corrected chi connectivity index (χ1v) is 23.2. The van der Waals surface area contributed by atoms with Crippen LogP contribution < -0.4 is 26.0 Å². The fourth-order valence-corrected chi connectivity index (χ4v) is 11.0. The van der Waals surface area contributed by atoms with Gasteiger partial charge in [0.1, 0.15) is 17.5 Å². The van der Waals surface area contributed by atoms with E-state index < -0.39 is 11.9 Å². The van der Waals surface area contributed by atoms with Crippen LogP contribution in [0, 0.1) is 6.92 Å². The van der Waals surface area contributed by atoms with Gasteiger partial charge < -0.3 is 29.8 Å². The number of rotatable bonds is 8. The number of hydrogen-bond acceptors (Lipinski definition) is 13. The van der Waals surface area contributed by atoms with Gasteiger partial charge in [-0.1, -0.05) is 12.8 Å². The molecule has 2 N–H and O–H groups in total. The van der Waals surface area contributed by atoms with E-state index in [1.165, 1.54) is 6.92 Å². The van der Waals surface area contributed by atoms with Crippen molar-refractivity contribution in [3.8, 4) is 0 Å². The number of Topliss-reactive ketones (excluding diaryl/α,β-unsaturated/α-hetero) is 1. The number of pyridine rings is 2. The number of amides is 5. The minimum absolute atomic E-state index is 0.00288. The van der Waals surface area contributed by atoms with Gasteiger partial charge in [-0.05, 0) is 87.4 Å². The Morgan fingerprint density at radius 3 is 2.14 bits per heavy atom. The fourth-order valence-electron chi connectivity index (χ4n) is 11.0. The summed E-state index contributed by atoms with van der Waals surface area (Å²) < 4.78 is 1.71. The lowest BCUT2D eigenvalue weighted by atomic mass is 10.0. The summed E-state index contributed by atoms with van der Waals surface area (Å²) in [5, 5.41) is 6.28. The van der Waals surface area contributed by atoms with E-state index in [0.29, 0.717) is 79.1 Å². The Kier molecular flexibility index (Phi) is 11.5. The molecule has 1 unspecified atom stereocenters. The Labute approximate surface area is 376 Å². The maximum atomic E-state index is 13.7. The van der Waals surface area contributed by atoms with Crippen LogP contribution in [-0.4, -0.2) is 146 Å². The normalized spacial score (nSPS) is 21.4. The van der Waals surface area contributed by atoms with Gasteiger partial charge in [-0.2, -0.15) is 4.98 Å². The third kappa shape index (κ3) is 8.16. The largest absolute Gasteiger partial charge is 0.369 e. The third-order valence-electron chi connectivity index (χ3n) is 14.6. The molecule has 1 atom stereocenters. The molecule has 8 heterocycles. The second-order valence-electron chi connectivity index (χ2n) is 18.4. The molecule has 1 aliphatic carbocycles. The van der Waals surface area contributed by atoms with Gasteiger partial charge in [-0.25, -0.2) is 14.8 Å². The number of urea groups is 1. The summed E-state index contributed by atoms with van der Waals surface area (Å²) in [7, 11) is 0. The molecule has 4 aromatic rings. The molecule has 340 valence electrons. The molecule has 3 aromatic heterocycles. The molecule has 1 saturated carbocycles. The van der Waals surface area contributed by atoms with E-state index in [1.54, 1.807) is 22.6 Å². The molecule has 0 radical (unpaired) electrons. The minimum atomic E-state index is -0.619. The smallest absolute Gasteiger partial charge is 0.320 e. The predicted molar refractivity (Wildman–Crippen MR) is 244 cm³/mol. The van der Waals surface area contributed by atoms with Crippen molar-refractivity contribution in [1.29, 1.82) is 0 Å². The minimum Gasteiger partial charge on any atom is -0.369 e. The summed E-state index contributed by atoms with van der Waals surface area (Å²) in [4.78, 5) is 104. The summed E-state index contributed by atoms with van der Waals surface area (Å²) in [6, 6.07) is 9.77. The van der Waals surface area contributed by atoms with Crippen LogP contribution >= 0.6 is 0 Å². The topological polar surface area (TPSA) is 190 Å². The monoisotopic (exact) mass is 884 g/mol. The number of aromatic nitrogens is 4. The van der Waals surface area contributed by atoms with Crippen LogP contribution in [0.5, 0.6) is 0 Å². The van der Waals surface area contributed by atoms with Gasteiger partial charge >= 0.3 is 6.03 Å². The Bertz CT molecular complexity index is 2600. The summed E-state index contributed by atoms with van der Waals surface area (Å²) in [5.41, 5.74) is 4.65. The highest BCUT2D eigenvalue weighted by Crippen LogP contribution is 2.34. The Balaban J connectivity index is 0.685. The molecule has 65 heavy (non-hydrogen) atoms. The molecule has 5 fully saturated rings. The average Bonchev–Trinajstić information content (AvgIpc) is 3.97. The van der Waals surface area contributed by atoms with Crippen molar-refractivity contribution in [3.63, 3.8) is 0 Å². The lowest BCUT2D eigenvalue weighted by Crippen LogP contribution is -2.57. The number of piperidine rings is 2. The van der Waals surface area contributed by atoms with Crippen molar-refractivity contribution in [3.05, 3.63) is 75.3 Å². The molecular formula is C47H56N12O6. The Morgan fingerprint density at radius 2 is 1.45 bits per heavy atom. The number of ketones is 1. The standard InChI is InChI=1S/C47H56N12O6/c1-29-37-27-49-46(52-42(37)59(33-5-3-4-6-33)45(64)41(29)30(2)60)50-39-11-8-35(26-48-39)55-21-23-57(24-22-55)47(65)56-15-13-32(14-16-56)53-17-19-54(20-18-53)34-7-9-36-31(25-34)28-58(44(36)63)38-10-12-40(61)51-43(38)62/h7-9,11,25-27,32-33,38H,3-6,10,12-24,28H2,1-2H3,(H,51,61,62)(H,48,49,50,52). The van der Waals surface area contributed by atoms with Crippen LogP contribution in [0.3, 0.4) is 0 Å². The van der Waals surface area contributed by atoms with Crippen molar-refractivity contribution < 1.29 is 24.0 Å². The average molecular weight is 885 g/mol. The zero-order valence-electron chi connectivity index (χ0n) is 37.1. The molecule has 18 heteroatoms. The first-order valence-electron chi connectivity index (χ1n) is 23.2. The number of aryl methyl sites for hydroxylation is 1. The van der Waals surface area contributed by atoms with Gasteiger partial charge in [0.05, 0.1) is 17.4 Å². The quantitative estimate of drug-likeness (QED) is 0.192. The van der Waals surface area contributed by atoms with Crippen molar-refractivity contribution >= 4 is 63.7 Å². The Morgan fingerprint density at radius 1 is 0.754 bits per heavy atom. The number of imide groups is 1. The van der Waals surface area contributed by atoms with Gasteiger partial charge in [0.15, 0.2) is 5.78 Å². The van der Waals surface area contributed by atoms with Crippen molar-refractivity contribution in [2.75, 3.05) is 80.6 Å². The van der Waals surface area contributed by atoms with Crippen molar-refractivity contribution in [2.45, 2.75) is 89.9 Å². The SMILES string of the molecule is CC(=O)c1c(C)c2cnc(Nc3ccc(N4CCN(C(=O)N5CCC(N6CCN(c7ccc8c(c7)CN(C7CCC(=O)NC7=O)C8=O)CC6)CC5)CC4)cn3)nc2n(C2CCCC2)c1=O. The van der Waals surface area contributed by atoms with Crippen LogP contribution in [0.15, 0.2) is 47.5 Å². The summed E-state index contributed by atoms with van der Waals surface area (Å²) in [6.45, 7) is 11.3. The number of benzene rings is 1. The molecule has 10 rings (SSSR count). The van der Waals surface area contributed by atoms with E-state index in [1.807, 2.05) is 40.3 Å². The number of nitrogens with one attached hydrogen (secondary N) is 2. The van der Waals surface area contributed by atoms with Crippen LogP contribution in [0.4, 0.5) is 27.9 Å². The number of piperazine rings is 2. The molecular weight excluding hydrogens is 829 g/mol. The number of nitrogens with zero attached hydrogens (tertiary/aromatic N) is 10. The van der Waals surface area contributed by atoms with E-state index in [0.717, 1.165) is 94.7 Å². The highest BCUT2D eigenvalue weighted by molar-refractivity contribution is 6.05. The molecule has 4 saturated heterocycles. The Hall–Kier alpha value is -6.43. The highest BCUT2D eigenvalue weighted by atomic mass is 16.2. The van der Waals surface area contributed by atoms with Crippen molar-refractivity contribution in [2.24, 2.45) is 0 Å². The molecule has 1 aromatic carbocycles. The highest BCUT2D eigenvalue weighted by Gasteiger charge is 2.40. The zero-order chi connectivity index (χ0) is 44.9. The summed E-state index contributed by atoms with van der Waals surface area (Å²) in [6.07, 6.45) is 9.79. The predicted octanol–water partition coefficient (Wildman–Crippen LogP) is 3.85. The number of hydrogen-bond donors (Lipinski definition) is 2. The van der Waals surface area contributed by atoms with Crippen LogP contribution in [-0.2, 0) is 16.1 Å². The van der Waals surface area contributed by atoms with Crippen LogP contribution in [0.1, 0.15) is 96.2 Å². The third-order valence-corrected chi connectivity index (χ3v) is 14.6. The number of likely N-dealkylation sites (tertiary alicyclic amines) is 1. The second kappa shape index (κ2) is 17.5. The van der Waals surface area contributed by atoms with Crippen molar-refractivity contribution in [1.82, 2.24) is 44.4 Å².